The molecule has 0 bridgehead atoms. The molecule has 2 N–H and O–H groups in total. The number of nitrogens with two attached hydrogens (primary N) is 1. The summed E-state index contributed by atoms with van der Waals surface area (Å²) in [5.74, 6) is -0.231. The van der Waals surface area contributed by atoms with Crippen LogP contribution in [0.2, 0.25) is 0 Å². The predicted octanol–water partition coefficient (Wildman–Crippen LogP) is 3.94. The maximum Gasteiger partial charge on any atom is 0.123 e. The molecule has 1 nitrogen and oxygen atoms in total. The van der Waals surface area contributed by atoms with Gasteiger partial charge in [-0.1, -0.05) is 43.3 Å². The zero-order valence-electron chi connectivity index (χ0n) is 11.5. The Morgan fingerprint density at radius 3 is 2.47 bits per heavy atom. The van der Waals surface area contributed by atoms with E-state index >= 15 is 0 Å². The molecule has 0 spiro atoms. The summed E-state index contributed by atoms with van der Waals surface area (Å²) in [5.41, 5.74) is 9.30. The molecule has 0 aliphatic heterocycles. The molecule has 2 heteroatoms. The van der Waals surface area contributed by atoms with Crippen LogP contribution < -0.4 is 5.73 Å². The van der Waals surface area contributed by atoms with Crippen LogP contribution in [-0.2, 0) is 12.0 Å². The van der Waals surface area contributed by atoms with Crippen LogP contribution in [-0.4, -0.2) is 0 Å². The van der Waals surface area contributed by atoms with Crippen molar-refractivity contribution < 1.29 is 4.39 Å². The van der Waals surface area contributed by atoms with Crippen molar-refractivity contribution in [2.75, 3.05) is 0 Å². The van der Waals surface area contributed by atoms with Gasteiger partial charge in [0.2, 0.25) is 0 Å². The van der Waals surface area contributed by atoms with Gasteiger partial charge in [-0.2, -0.15) is 0 Å². The Bertz CT molecular complexity index is 565. The Hall–Kier alpha value is -1.67. The monoisotopic (exact) mass is 257 g/mol. The molecule has 1 unspecified atom stereocenters. The third-order valence-electron chi connectivity index (χ3n) is 3.80. The number of hydrogen-bond donors (Lipinski definition) is 1. The number of rotatable bonds is 4. The molecule has 19 heavy (non-hydrogen) atoms. The fourth-order valence-corrected chi connectivity index (χ4v) is 2.38. The number of hydrogen-bond acceptors (Lipinski definition) is 1. The molecule has 2 aromatic rings. The summed E-state index contributed by atoms with van der Waals surface area (Å²) in [4.78, 5) is 0. The molecule has 0 saturated carbocycles. The largest absolute Gasteiger partial charge is 0.321 e. The molecular formula is C17H20FN. The molecule has 0 amide bonds. The van der Waals surface area contributed by atoms with Crippen LogP contribution in [0, 0.1) is 12.7 Å². The van der Waals surface area contributed by atoms with Crippen LogP contribution in [0.3, 0.4) is 0 Å². The molecule has 0 heterocycles. The first kappa shape index (κ1) is 13.8. The minimum absolute atomic E-state index is 0.231. The van der Waals surface area contributed by atoms with E-state index in [2.05, 4.69) is 19.1 Å². The van der Waals surface area contributed by atoms with E-state index in [1.54, 1.807) is 12.1 Å². The Morgan fingerprint density at radius 1 is 1.11 bits per heavy atom. The zero-order valence-corrected chi connectivity index (χ0v) is 11.5. The molecule has 0 fully saturated rings. The first-order chi connectivity index (χ1) is 9.05. The Morgan fingerprint density at radius 2 is 1.84 bits per heavy atom. The molecule has 0 aliphatic carbocycles. The van der Waals surface area contributed by atoms with Gasteiger partial charge in [0.1, 0.15) is 5.82 Å². The molecule has 0 aliphatic rings. The van der Waals surface area contributed by atoms with Crippen LogP contribution in [0.1, 0.15) is 30.0 Å². The first-order valence-electron chi connectivity index (χ1n) is 6.64. The maximum atomic E-state index is 13.4. The topological polar surface area (TPSA) is 26.0 Å². The van der Waals surface area contributed by atoms with Crippen LogP contribution in [0.4, 0.5) is 4.39 Å². The van der Waals surface area contributed by atoms with Crippen LogP contribution in [0.25, 0.3) is 0 Å². The lowest BCUT2D eigenvalue weighted by Crippen LogP contribution is -2.38. The van der Waals surface area contributed by atoms with Crippen molar-refractivity contribution in [3.05, 3.63) is 71.0 Å². The van der Waals surface area contributed by atoms with Crippen molar-refractivity contribution in [2.24, 2.45) is 5.73 Å². The molecule has 1 atom stereocenters. The fourth-order valence-electron chi connectivity index (χ4n) is 2.38. The van der Waals surface area contributed by atoms with Crippen LogP contribution in [0.5, 0.6) is 0 Å². The van der Waals surface area contributed by atoms with E-state index in [0.717, 1.165) is 18.4 Å². The van der Waals surface area contributed by atoms with Crippen molar-refractivity contribution >= 4 is 0 Å². The average Bonchev–Trinajstić information content (AvgIpc) is 2.41. The highest BCUT2D eigenvalue weighted by Crippen LogP contribution is 2.28. The second-order valence-electron chi connectivity index (χ2n) is 5.12. The summed E-state index contributed by atoms with van der Waals surface area (Å²) in [7, 11) is 0. The van der Waals surface area contributed by atoms with E-state index < -0.39 is 5.54 Å². The highest BCUT2D eigenvalue weighted by Gasteiger charge is 2.26. The lowest BCUT2D eigenvalue weighted by atomic mass is 9.81. The quantitative estimate of drug-likeness (QED) is 0.882. The van der Waals surface area contributed by atoms with E-state index in [9.17, 15) is 4.39 Å². The molecule has 0 aromatic heterocycles. The SMILES string of the molecule is CCC(N)(Cc1ccccc1C)c1cccc(F)c1. The van der Waals surface area contributed by atoms with Gasteiger partial charge in [0.25, 0.3) is 0 Å². The zero-order chi connectivity index (χ0) is 13.9. The molecule has 100 valence electrons. The second kappa shape index (κ2) is 5.54. The van der Waals surface area contributed by atoms with Crippen molar-refractivity contribution in [1.29, 1.82) is 0 Å². The predicted molar refractivity (Wildman–Crippen MR) is 77.4 cm³/mol. The highest BCUT2D eigenvalue weighted by atomic mass is 19.1. The summed E-state index contributed by atoms with van der Waals surface area (Å²) >= 11 is 0. The average molecular weight is 257 g/mol. The molecule has 0 radical (unpaired) electrons. The summed E-state index contributed by atoms with van der Waals surface area (Å²) in [6.07, 6.45) is 1.49. The third-order valence-corrected chi connectivity index (χ3v) is 3.80. The van der Waals surface area contributed by atoms with Gasteiger partial charge in [-0.25, -0.2) is 4.39 Å². The maximum absolute atomic E-state index is 13.4. The lowest BCUT2D eigenvalue weighted by molar-refractivity contribution is 0.421. The van der Waals surface area contributed by atoms with Gasteiger partial charge in [0.05, 0.1) is 0 Å². The molecular weight excluding hydrogens is 237 g/mol. The smallest absolute Gasteiger partial charge is 0.123 e. The fraction of sp³-hybridized carbons (Fsp3) is 0.294. The molecule has 0 saturated heterocycles. The molecule has 2 aromatic carbocycles. The first-order valence-corrected chi connectivity index (χ1v) is 6.64. The van der Waals surface area contributed by atoms with Crippen molar-refractivity contribution in [3.63, 3.8) is 0 Å². The van der Waals surface area contributed by atoms with E-state index in [1.807, 2.05) is 25.1 Å². The van der Waals surface area contributed by atoms with Gasteiger partial charge in [0, 0.05) is 5.54 Å². The highest BCUT2D eigenvalue weighted by molar-refractivity contribution is 5.32. The van der Waals surface area contributed by atoms with Crippen molar-refractivity contribution in [1.82, 2.24) is 0 Å². The Balaban J connectivity index is 2.36. The van der Waals surface area contributed by atoms with Gasteiger partial charge in [-0.3, -0.25) is 0 Å². The van der Waals surface area contributed by atoms with E-state index in [1.165, 1.54) is 17.2 Å². The molecule has 2 rings (SSSR count). The third kappa shape index (κ3) is 3.02. The Labute approximate surface area is 114 Å². The van der Waals surface area contributed by atoms with Gasteiger partial charge in [0.15, 0.2) is 0 Å². The number of benzene rings is 2. The van der Waals surface area contributed by atoms with Crippen molar-refractivity contribution in [2.45, 2.75) is 32.2 Å². The summed E-state index contributed by atoms with van der Waals surface area (Å²) < 4.78 is 13.4. The summed E-state index contributed by atoms with van der Waals surface area (Å²) in [6.45, 7) is 4.13. The second-order valence-corrected chi connectivity index (χ2v) is 5.12. The van der Waals surface area contributed by atoms with Gasteiger partial charge in [-0.15, -0.1) is 0 Å². The van der Waals surface area contributed by atoms with Crippen LogP contribution in [0.15, 0.2) is 48.5 Å². The minimum atomic E-state index is -0.520. The van der Waals surface area contributed by atoms with Gasteiger partial charge < -0.3 is 5.73 Å². The van der Waals surface area contributed by atoms with Crippen molar-refractivity contribution in [3.8, 4) is 0 Å². The lowest BCUT2D eigenvalue weighted by Gasteiger charge is -2.29. The number of halogens is 1. The van der Waals surface area contributed by atoms with E-state index in [0.29, 0.717) is 0 Å². The van der Waals surface area contributed by atoms with E-state index in [4.69, 9.17) is 5.73 Å². The van der Waals surface area contributed by atoms with E-state index in [-0.39, 0.29) is 5.82 Å². The standard InChI is InChI=1S/C17H20FN/c1-3-17(19,15-9-6-10-16(18)11-15)12-14-8-5-4-7-13(14)2/h4-11H,3,12,19H2,1-2H3. The Kier molecular flexibility index (Phi) is 4.01. The summed E-state index contributed by atoms with van der Waals surface area (Å²) in [6, 6.07) is 14.8. The van der Waals surface area contributed by atoms with Crippen LogP contribution >= 0.6 is 0 Å². The van der Waals surface area contributed by atoms with Gasteiger partial charge in [-0.05, 0) is 48.6 Å². The normalized spacial score (nSPS) is 14.1. The minimum Gasteiger partial charge on any atom is -0.321 e. The summed E-state index contributed by atoms with van der Waals surface area (Å²) in [5, 5.41) is 0. The van der Waals surface area contributed by atoms with Gasteiger partial charge >= 0.3 is 0 Å². The number of aryl methyl sites for hydroxylation is 1.